The maximum absolute atomic E-state index is 13.9. The highest BCUT2D eigenvalue weighted by molar-refractivity contribution is 6.03. The third-order valence-electron chi connectivity index (χ3n) is 7.04. The molecule has 4 nitrogen and oxygen atoms in total. The number of hydrogen-bond acceptors (Lipinski definition) is 2. The van der Waals surface area contributed by atoms with Crippen molar-refractivity contribution in [3.8, 4) is 0 Å². The fourth-order valence-electron chi connectivity index (χ4n) is 5.49. The third kappa shape index (κ3) is 4.89. The maximum Gasteiger partial charge on any atom is 0.268 e. The number of likely N-dealkylation sites (tertiary alicyclic amines) is 1. The second-order valence-corrected chi connectivity index (χ2v) is 9.86. The minimum atomic E-state index is -0.0387. The Morgan fingerprint density at radius 1 is 0.800 bits per heavy atom. The molecule has 5 rings (SSSR count). The van der Waals surface area contributed by atoms with Crippen LogP contribution in [0.25, 0.3) is 10.9 Å². The Labute approximate surface area is 208 Å². The van der Waals surface area contributed by atoms with E-state index in [0.29, 0.717) is 0 Å². The lowest BCUT2D eigenvalue weighted by atomic mass is 9.83. The second-order valence-electron chi connectivity index (χ2n) is 9.86. The van der Waals surface area contributed by atoms with E-state index in [4.69, 9.17) is 0 Å². The molecule has 1 aromatic heterocycles. The van der Waals surface area contributed by atoms with Gasteiger partial charge < -0.3 is 14.8 Å². The highest BCUT2D eigenvalue weighted by atomic mass is 16.2. The Morgan fingerprint density at radius 2 is 1.37 bits per heavy atom. The first kappa shape index (κ1) is 23.4. The summed E-state index contributed by atoms with van der Waals surface area (Å²) in [4.78, 5) is 16.4. The van der Waals surface area contributed by atoms with Crippen molar-refractivity contribution < 1.29 is 4.79 Å². The van der Waals surface area contributed by atoms with Crippen LogP contribution in [-0.2, 0) is 6.54 Å². The molecule has 1 amide bonds. The molecule has 35 heavy (non-hydrogen) atoms. The minimum Gasteiger partial charge on any atom is -0.349 e. The van der Waals surface area contributed by atoms with E-state index in [1.54, 1.807) is 0 Å². The largest absolute Gasteiger partial charge is 0.349 e. The van der Waals surface area contributed by atoms with Gasteiger partial charge in [-0.1, -0.05) is 78.9 Å². The van der Waals surface area contributed by atoms with Crippen LogP contribution in [0.3, 0.4) is 0 Å². The van der Waals surface area contributed by atoms with E-state index in [2.05, 4.69) is 99.7 Å². The van der Waals surface area contributed by atoms with Crippen molar-refractivity contribution in [2.45, 2.75) is 45.2 Å². The fraction of sp³-hybridized carbons (Fsp3) is 0.323. The molecule has 1 fully saturated rings. The van der Waals surface area contributed by atoms with Gasteiger partial charge in [-0.15, -0.1) is 0 Å². The average Bonchev–Trinajstić information content (AvgIpc) is 3.50. The molecule has 180 valence electrons. The van der Waals surface area contributed by atoms with Gasteiger partial charge in [0.15, 0.2) is 0 Å². The number of fused-ring (bicyclic) bond motifs is 1. The summed E-state index contributed by atoms with van der Waals surface area (Å²) in [5.74, 6) is -0.0345. The summed E-state index contributed by atoms with van der Waals surface area (Å²) in [5.41, 5.74) is 5.40. The smallest absolute Gasteiger partial charge is 0.268 e. The van der Waals surface area contributed by atoms with Gasteiger partial charge >= 0.3 is 0 Å². The molecule has 0 bridgehead atoms. The van der Waals surface area contributed by atoms with Gasteiger partial charge in [-0.2, -0.15) is 0 Å². The number of amides is 1. The number of para-hydroxylation sites is 1. The highest BCUT2D eigenvalue weighted by Crippen LogP contribution is 2.40. The summed E-state index contributed by atoms with van der Waals surface area (Å²) in [7, 11) is 0. The van der Waals surface area contributed by atoms with E-state index in [-0.39, 0.29) is 17.9 Å². The Bertz CT molecular complexity index is 1230. The number of carbonyl (C=O) groups excluding carboxylic acids is 1. The van der Waals surface area contributed by atoms with Crippen LogP contribution < -0.4 is 5.32 Å². The summed E-state index contributed by atoms with van der Waals surface area (Å²) in [6.07, 6.45) is 2.53. The van der Waals surface area contributed by atoms with Gasteiger partial charge in [0.2, 0.25) is 0 Å². The normalized spacial score (nSPS) is 14.3. The molecule has 0 saturated carbocycles. The van der Waals surface area contributed by atoms with Crippen molar-refractivity contribution in [2.75, 3.05) is 19.6 Å². The lowest BCUT2D eigenvalue weighted by Crippen LogP contribution is -2.34. The van der Waals surface area contributed by atoms with Gasteiger partial charge in [0.1, 0.15) is 5.69 Å². The van der Waals surface area contributed by atoms with Crippen molar-refractivity contribution in [1.82, 2.24) is 14.8 Å². The Balaban J connectivity index is 1.74. The number of nitrogens with zero attached hydrogens (tertiary/aromatic N) is 2. The number of rotatable bonds is 8. The summed E-state index contributed by atoms with van der Waals surface area (Å²) < 4.78 is 2.28. The van der Waals surface area contributed by atoms with Crippen LogP contribution in [-0.4, -0.2) is 41.1 Å². The molecule has 4 aromatic rings. The van der Waals surface area contributed by atoms with E-state index in [9.17, 15) is 4.79 Å². The van der Waals surface area contributed by atoms with Gasteiger partial charge in [0.25, 0.3) is 5.91 Å². The monoisotopic (exact) mass is 465 g/mol. The van der Waals surface area contributed by atoms with Crippen LogP contribution in [0, 0.1) is 0 Å². The van der Waals surface area contributed by atoms with Crippen LogP contribution in [0.5, 0.6) is 0 Å². The van der Waals surface area contributed by atoms with E-state index in [1.165, 1.54) is 24.0 Å². The molecule has 1 saturated heterocycles. The molecule has 1 aliphatic rings. The van der Waals surface area contributed by atoms with Crippen molar-refractivity contribution in [2.24, 2.45) is 0 Å². The SMILES string of the molecule is CC(C)NC(=O)c1c(C(c2ccccc2)c2ccccc2)c2ccccc2n1CCN1CCCC1. The van der Waals surface area contributed by atoms with Crippen molar-refractivity contribution in [3.63, 3.8) is 0 Å². The van der Waals surface area contributed by atoms with Gasteiger partial charge in [-0.05, 0) is 57.0 Å². The van der Waals surface area contributed by atoms with Gasteiger partial charge in [0, 0.05) is 41.5 Å². The standard InChI is InChI=1S/C31H35N3O/c1-23(2)32-31(35)30-29(28(24-13-5-3-6-14-24)25-15-7-4-8-16-25)26-17-9-10-18-27(26)34(30)22-21-33-19-11-12-20-33/h3-10,13-18,23,28H,11-12,19-22H2,1-2H3,(H,32,35). The number of nitrogens with one attached hydrogen (secondary N) is 1. The zero-order valence-electron chi connectivity index (χ0n) is 20.8. The van der Waals surface area contributed by atoms with Crippen LogP contribution in [0.4, 0.5) is 0 Å². The zero-order valence-corrected chi connectivity index (χ0v) is 20.8. The number of carbonyl (C=O) groups is 1. The van der Waals surface area contributed by atoms with Crippen LogP contribution >= 0.6 is 0 Å². The number of benzene rings is 3. The molecule has 3 aromatic carbocycles. The average molecular weight is 466 g/mol. The first-order chi connectivity index (χ1) is 17.1. The molecular formula is C31H35N3O. The Hall–Kier alpha value is -3.37. The summed E-state index contributed by atoms with van der Waals surface area (Å²) in [5, 5.41) is 4.37. The molecule has 1 aliphatic heterocycles. The van der Waals surface area contributed by atoms with Gasteiger partial charge in [0.05, 0.1) is 0 Å². The predicted molar refractivity (Wildman–Crippen MR) is 144 cm³/mol. The summed E-state index contributed by atoms with van der Waals surface area (Å²) in [6.45, 7) is 8.12. The first-order valence-electron chi connectivity index (χ1n) is 12.9. The summed E-state index contributed by atoms with van der Waals surface area (Å²) in [6, 6.07) is 29.8. The van der Waals surface area contributed by atoms with Crippen LogP contribution in [0.15, 0.2) is 84.9 Å². The lowest BCUT2D eigenvalue weighted by molar-refractivity contribution is 0.0932. The second kappa shape index (κ2) is 10.5. The fourth-order valence-corrected chi connectivity index (χ4v) is 5.49. The topological polar surface area (TPSA) is 37.3 Å². The van der Waals surface area contributed by atoms with Crippen molar-refractivity contribution in [1.29, 1.82) is 0 Å². The van der Waals surface area contributed by atoms with E-state index < -0.39 is 0 Å². The number of hydrogen-bond donors (Lipinski definition) is 1. The first-order valence-corrected chi connectivity index (χ1v) is 12.9. The summed E-state index contributed by atoms with van der Waals surface area (Å²) >= 11 is 0. The highest BCUT2D eigenvalue weighted by Gasteiger charge is 2.30. The third-order valence-corrected chi connectivity index (χ3v) is 7.04. The molecule has 1 N–H and O–H groups in total. The van der Waals surface area contributed by atoms with Crippen molar-refractivity contribution >= 4 is 16.8 Å². The minimum absolute atomic E-state index is 0.00415. The molecule has 0 radical (unpaired) electrons. The zero-order chi connectivity index (χ0) is 24.2. The molecular weight excluding hydrogens is 430 g/mol. The predicted octanol–water partition coefficient (Wildman–Crippen LogP) is 6.06. The molecule has 2 heterocycles. The van der Waals surface area contributed by atoms with Gasteiger partial charge in [-0.3, -0.25) is 4.79 Å². The van der Waals surface area contributed by atoms with E-state index in [1.807, 2.05) is 13.8 Å². The van der Waals surface area contributed by atoms with Crippen molar-refractivity contribution in [3.05, 3.63) is 107 Å². The quantitative estimate of drug-likeness (QED) is 0.344. The molecule has 0 spiro atoms. The Morgan fingerprint density at radius 3 is 1.97 bits per heavy atom. The van der Waals surface area contributed by atoms with E-state index in [0.717, 1.165) is 48.3 Å². The number of aromatic nitrogens is 1. The molecule has 0 atom stereocenters. The van der Waals surface area contributed by atoms with Crippen LogP contribution in [0.1, 0.15) is 59.8 Å². The molecule has 0 unspecified atom stereocenters. The maximum atomic E-state index is 13.9. The lowest BCUT2D eigenvalue weighted by Gasteiger charge is -2.22. The Kier molecular flexibility index (Phi) is 7.01. The molecule has 4 heteroatoms. The van der Waals surface area contributed by atoms with Crippen LogP contribution in [0.2, 0.25) is 0 Å². The van der Waals surface area contributed by atoms with Gasteiger partial charge in [-0.25, -0.2) is 0 Å². The molecule has 0 aliphatic carbocycles. The van der Waals surface area contributed by atoms with E-state index >= 15 is 0 Å².